The van der Waals surface area contributed by atoms with Gasteiger partial charge in [0.25, 0.3) is 0 Å². The number of nitrogens with zero attached hydrogens (tertiary/aromatic N) is 3. The van der Waals surface area contributed by atoms with Crippen molar-refractivity contribution in [2.45, 2.75) is 19.0 Å². The molecule has 0 atom stereocenters. The molecule has 4 rings (SSSR count). The zero-order valence-electron chi connectivity index (χ0n) is 14.2. The van der Waals surface area contributed by atoms with Crippen LogP contribution in [0.2, 0.25) is 0 Å². The number of amides is 1. The van der Waals surface area contributed by atoms with Crippen LogP contribution >= 0.6 is 0 Å². The predicted molar refractivity (Wildman–Crippen MR) is 91.3 cm³/mol. The monoisotopic (exact) mass is 376 g/mol. The molecule has 0 radical (unpaired) electrons. The molecule has 0 bridgehead atoms. The van der Waals surface area contributed by atoms with Crippen molar-refractivity contribution in [1.82, 2.24) is 14.6 Å². The van der Waals surface area contributed by atoms with E-state index in [-0.39, 0.29) is 34.8 Å². The Morgan fingerprint density at radius 3 is 2.70 bits per heavy atom. The van der Waals surface area contributed by atoms with Crippen molar-refractivity contribution in [1.29, 1.82) is 0 Å². The first-order valence-corrected chi connectivity index (χ1v) is 8.29. The van der Waals surface area contributed by atoms with E-state index in [1.165, 1.54) is 29.8 Å². The maximum atomic E-state index is 13.6. The molecule has 140 valence electrons. The number of carbonyl (C=O) groups is 1. The lowest BCUT2D eigenvalue weighted by Crippen LogP contribution is -2.14. The first kappa shape index (κ1) is 17.3. The number of fused-ring (bicyclic) bond motifs is 1. The normalized spacial score (nSPS) is 14.4. The molecule has 2 heterocycles. The third-order valence-corrected chi connectivity index (χ3v) is 4.35. The van der Waals surface area contributed by atoms with Gasteiger partial charge in [-0.05, 0) is 43.2 Å². The Balaban J connectivity index is 1.82. The zero-order chi connectivity index (χ0) is 19.2. The molecule has 0 unspecified atom stereocenters. The molecular weight excluding hydrogens is 361 g/mol. The molecule has 0 saturated heterocycles. The maximum Gasteiger partial charge on any atom is 0.417 e. The molecule has 27 heavy (non-hydrogen) atoms. The van der Waals surface area contributed by atoms with Crippen LogP contribution in [0.15, 0.2) is 36.4 Å². The van der Waals surface area contributed by atoms with Crippen LogP contribution in [-0.2, 0) is 11.0 Å². The van der Waals surface area contributed by atoms with Crippen molar-refractivity contribution in [3.05, 3.63) is 42.0 Å². The number of nitrogens with one attached hydrogen (secondary N) is 1. The van der Waals surface area contributed by atoms with Gasteiger partial charge in [-0.25, -0.2) is 4.52 Å². The molecule has 1 aliphatic rings. The summed E-state index contributed by atoms with van der Waals surface area (Å²) in [4.78, 5) is 16.1. The largest absolute Gasteiger partial charge is 0.497 e. The number of methoxy groups -OCH3 is 1. The van der Waals surface area contributed by atoms with Gasteiger partial charge in [-0.2, -0.15) is 18.2 Å². The highest BCUT2D eigenvalue weighted by atomic mass is 19.4. The van der Waals surface area contributed by atoms with Crippen molar-refractivity contribution in [2.24, 2.45) is 5.92 Å². The molecule has 2 aromatic heterocycles. The summed E-state index contributed by atoms with van der Waals surface area (Å²) in [5, 5.41) is 6.79. The van der Waals surface area contributed by atoms with Gasteiger partial charge in [-0.15, -0.1) is 5.10 Å². The molecule has 6 nitrogen and oxygen atoms in total. The minimum atomic E-state index is -4.57. The van der Waals surface area contributed by atoms with Gasteiger partial charge >= 0.3 is 6.18 Å². The summed E-state index contributed by atoms with van der Waals surface area (Å²) in [6.07, 6.45) is -2.92. The highest BCUT2D eigenvalue weighted by molar-refractivity contribution is 5.92. The third-order valence-electron chi connectivity index (χ3n) is 4.35. The smallest absolute Gasteiger partial charge is 0.417 e. The van der Waals surface area contributed by atoms with Crippen LogP contribution in [0.1, 0.15) is 18.4 Å². The third kappa shape index (κ3) is 3.32. The Labute approximate surface area is 152 Å². The first-order valence-electron chi connectivity index (χ1n) is 8.29. The van der Waals surface area contributed by atoms with Crippen LogP contribution in [0.25, 0.3) is 16.9 Å². The Morgan fingerprint density at radius 1 is 1.26 bits per heavy atom. The number of anilines is 1. The Kier molecular flexibility index (Phi) is 4.01. The standard InChI is InChI=1S/C18H15F3N4O2/c1-27-11-7-8-12(13(9-11)18(19,20)21)14-3-2-4-15-22-17(24-25(14)15)23-16(26)10-5-6-10/h2-4,7-10H,5-6H2,1H3,(H,23,24,26). The lowest BCUT2D eigenvalue weighted by Gasteiger charge is -2.15. The first-order chi connectivity index (χ1) is 12.9. The molecule has 9 heteroatoms. The van der Waals surface area contributed by atoms with Gasteiger partial charge < -0.3 is 4.74 Å². The second-order valence-electron chi connectivity index (χ2n) is 6.29. The quantitative estimate of drug-likeness (QED) is 0.753. The Bertz CT molecular complexity index is 1030. The summed E-state index contributed by atoms with van der Waals surface area (Å²) >= 11 is 0. The molecule has 0 aliphatic heterocycles. The van der Waals surface area contributed by atoms with Crippen LogP contribution in [0.4, 0.5) is 19.1 Å². The summed E-state index contributed by atoms with van der Waals surface area (Å²) in [5.74, 6) is -0.0296. The van der Waals surface area contributed by atoms with E-state index in [1.54, 1.807) is 12.1 Å². The second-order valence-corrected chi connectivity index (χ2v) is 6.29. The molecule has 1 saturated carbocycles. The second kappa shape index (κ2) is 6.26. The molecule has 1 aliphatic carbocycles. The number of halogens is 3. The van der Waals surface area contributed by atoms with Gasteiger partial charge in [0.1, 0.15) is 5.75 Å². The van der Waals surface area contributed by atoms with Crippen LogP contribution in [-0.4, -0.2) is 27.6 Å². The number of hydrogen-bond donors (Lipinski definition) is 1. The van der Waals surface area contributed by atoms with Gasteiger partial charge in [0.2, 0.25) is 11.9 Å². The average molecular weight is 376 g/mol. The van der Waals surface area contributed by atoms with Crippen LogP contribution in [0, 0.1) is 5.92 Å². The van der Waals surface area contributed by atoms with Gasteiger partial charge in [0.15, 0.2) is 5.65 Å². The molecule has 1 amide bonds. The van der Waals surface area contributed by atoms with Gasteiger partial charge in [0.05, 0.1) is 18.4 Å². The molecule has 0 spiro atoms. The van der Waals surface area contributed by atoms with Crippen molar-refractivity contribution in [3.8, 4) is 17.0 Å². The lowest BCUT2D eigenvalue weighted by molar-refractivity contribution is -0.137. The molecule has 1 N–H and O–H groups in total. The van der Waals surface area contributed by atoms with Crippen LogP contribution in [0.3, 0.4) is 0 Å². The van der Waals surface area contributed by atoms with E-state index in [0.29, 0.717) is 5.65 Å². The Hall–Kier alpha value is -3.10. The fraction of sp³-hybridized carbons (Fsp3) is 0.278. The highest BCUT2D eigenvalue weighted by Gasteiger charge is 2.35. The highest BCUT2D eigenvalue weighted by Crippen LogP contribution is 2.39. The van der Waals surface area contributed by atoms with E-state index in [0.717, 1.165) is 18.9 Å². The lowest BCUT2D eigenvalue weighted by atomic mass is 10.0. The number of benzene rings is 1. The fourth-order valence-corrected chi connectivity index (χ4v) is 2.83. The molecule has 3 aromatic rings. The van der Waals surface area contributed by atoms with Crippen molar-refractivity contribution < 1.29 is 22.7 Å². The van der Waals surface area contributed by atoms with E-state index >= 15 is 0 Å². The molecular formula is C18H15F3N4O2. The number of hydrogen-bond acceptors (Lipinski definition) is 4. The van der Waals surface area contributed by atoms with Crippen molar-refractivity contribution in [3.63, 3.8) is 0 Å². The van der Waals surface area contributed by atoms with E-state index in [2.05, 4.69) is 15.4 Å². The van der Waals surface area contributed by atoms with Crippen LogP contribution < -0.4 is 10.1 Å². The maximum absolute atomic E-state index is 13.6. The van der Waals surface area contributed by atoms with Crippen LogP contribution in [0.5, 0.6) is 5.75 Å². The van der Waals surface area contributed by atoms with Crippen molar-refractivity contribution >= 4 is 17.5 Å². The number of ether oxygens (including phenoxy) is 1. The van der Waals surface area contributed by atoms with Crippen molar-refractivity contribution in [2.75, 3.05) is 12.4 Å². The van der Waals surface area contributed by atoms with E-state index in [1.807, 2.05) is 0 Å². The zero-order valence-corrected chi connectivity index (χ0v) is 14.2. The SMILES string of the molecule is COc1ccc(-c2cccc3nc(NC(=O)C4CC4)nn23)c(C(F)(F)F)c1. The number of pyridine rings is 1. The number of carbonyl (C=O) groups excluding carboxylic acids is 1. The van der Waals surface area contributed by atoms with Gasteiger partial charge in [0, 0.05) is 11.5 Å². The van der Waals surface area contributed by atoms with E-state index in [4.69, 9.17) is 4.74 Å². The number of alkyl halides is 3. The average Bonchev–Trinajstić information content (AvgIpc) is 3.40. The Morgan fingerprint density at radius 2 is 2.04 bits per heavy atom. The van der Waals surface area contributed by atoms with E-state index in [9.17, 15) is 18.0 Å². The summed E-state index contributed by atoms with van der Waals surface area (Å²) in [7, 11) is 1.31. The minimum Gasteiger partial charge on any atom is -0.497 e. The predicted octanol–water partition coefficient (Wildman–Crippen LogP) is 3.77. The minimum absolute atomic E-state index is 0.0329. The summed E-state index contributed by atoms with van der Waals surface area (Å²) in [6.45, 7) is 0. The van der Waals surface area contributed by atoms with E-state index < -0.39 is 11.7 Å². The van der Waals surface area contributed by atoms with Gasteiger partial charge in [-0.1, -0.05) is 6.07 Å². The molecule has 1 aromatic carbocycles. The fourth-order valence-electron chi connectivity index (χ4n) is 2.83. The summed E-state index contributed by atoms with van der Waals surface area (Å²) in [5.41, 5.74) is -0.350. The van der Waals surface area contributed by atoms with Gasteiger partial charge in [-0.3, -0.25) is 10.1 Å². The number of aromatic nitrogens is 3. The summed E-state index contributed by atoms with van der Waals surface area (Å²) in [6, 6.07) is 8.46. The topological polar surface area (TPSA) is 68.5 Å². The summed E-state index contributed by atoms with van der Waals surface area (Å²) < 4.78 is 46.9. The number of rotatable bonds is 4. The molecule has 1 fully saturated rings.